The highest BCUT2D eigenvalue weighted by molar-refractivity contribution is 7.96. The normalized spacial score (nSPS) is 16.7. The van der Waals surface area contributed by atoms with Crippen molar-refractivity contribution in [2.45, 2.75) is 18.4 Å². The molecule has 0 atom stereocenters. The molecule has 1 amide bonds. The summed E-state index contributed by atoms with van der Waals surface area (Å²) in [6.07, 6.45) is 1.18. The monoisotopic (exact) mass is 329 g/mol. The van der Waals surface area contributed by atoms with Crippen molar-refractivity contribution >= 4 is 69.8 Å². The Balaban J connectivity index is 2.21. The van der Waals surface area contributed by atoms with Gasteiger partial charge in [0.1, 0.15) is 14.8 Å². The van der Waals surface area contributed by atoms with E-state index in [1.54, 1.807) is 0 Å². The molecule has 2 rings (SSSR count). The molecule has 0 aliphatic heterocycles. The van der Waals surface area contributed by atoms with Gasteiger partial charge in [-0.1, -0.05) is 34.8 Å². The number of rotatable bonds is 3. The SMILES string of the molecule is O=C(NC1(C(=O)S)CC1)c1sc(Cl)c(Cl)c1Cl. The van der Waals surface area contributed by atoms with Gasteiger partial charge in [-0.3, -0.25) is 9.59 Å². The van der Waals surface area contributed by atoms with Crippen LogP contribution in [0.25, 0.3) is 0 Å². The molecule has 1 aliphatic rings. The van der Waals surface area contributed by atoms with Crippen molar-refractivity contribution in [3.63, 3.8) is 0 Å². The van der Waals surface area contributed by atoms with Gasteiger partial charge in [0.15, 0.2) is 0 Å². The molecule has 92 valence electrons. The van der Waals surface area contributed by atoms with Crippen molar-refractivity contribution < 1.29 is 9.59 Å². The van der Waals surface area contributed by atoms with Gasteiger partial charge in [-0.25, -0.2) is 0 Å². The third-order valence-corrected chi connectivity index (χ3v) is 5.47. The Labute approximate surface area is 122 Å². The average Bonchev–Trinajstić information content (AvgIpc) is 2.99. The number of hydrogen-bond acceptors (Lipinski definition) is 3. The quantitative estimate of drug-likeness (QED) is 0.834. The Bertz CT molecular complexity index is 511. The van der Waals surface area contributed by atoms with Gasteiger partial charge >= 0.3 is 0 Å². The first-order valence-corrected chi connectivity index (χ1v) is 6.96. The highest BCUT2D eigenvalue weighted by Crippen LogP contribution is 2.42. The fourth-order valence-electron chi connectivity index (χ4n) is 1.30. The Morgan fingerprint density at radius 3 is 2.18 bits per heavy atom. The second-order valence-corrected chi connectivity index (χ2v) is 6.46. The highest BCUT2D eigenvalue weighted by atomic mass is 35.5. The van der Waals surface area contributed by atoms with E-state index in [-0.39, 0.29) is 24.4 Å². The Hall–Kier alpha value is 0.0600. The van der Waals surface area contributed by atoms with Gasteiger partial charge in [0, 0.05) is 0 Å². The summed E-state index contributed by atoms with van der Waals surface area (Å²) >= 11 is 22.1. The van der Waals surface area contributed by atoms with Crippen LogP contribution in [-0.4, -0.2) is 16.6 Å². The predicted octanol–water partition coefficient (Wildman–Crippen LogP) is 3.43. The lowest BCUT2D eigenvalue weighted by Crippen LogP contribution is -2.40. The number of thiol groups is 1. The van der Waals surface area contributed by atoms with Crippen LogP contribution in [0.2, 0.25) is 14.4 Å². The summed E-state index contributed by atoms with van der Waals surface area (Å²) < 4.78 is 0.254. The molecule has 1 N–H and O–H groups in total. The minimum absolute atomic E-state index is 0.113. The first kappa shape index (κ1) is 13.5. The first-order chi connectivity index (χ1) is 7.87. The van der Waals surface area contributed by atoms with Crippen LogP contribution in [0, 0.1) is 0 Å². The van der Waals surface area contributed by atoms with Crippen LogP contribution in [0.15, 0.2) is 0 Å². The van der Waals surface area contributed by atoms with E-state index in [1.807, 2.05) is 0 Å². The number of amides is 1. The number of carbonyl (C=O) groups is 2. The van der Waals surface area contributed by atoms with E-state index in [0.29, 0.717) is 12.8 Å². The topological polar surface area (TPSA) is 46.2 Å². The van der Waals surface area contributed by atoms with Crippen LogP contribution in [0.1, 0.15) is 22.5 Å². The number of nitrogens with one attached hydrogen (secondary N) is 1. The maximum absolute atomic E-state index is 11.9. The van der Waals surface area contributed by atoms with Gasteiger partial charge in [-0.2, -0.15) is 0 Å². The molecule has 1 heterocycles. The number of thiophene rings is 1. The lowest BCUT2D eigenvalue weighted by Gasteiger charge is -2.12. The summed E-state index contributed by atoms with van der Waals surface area (Å²) in [6, 6.07) is 0. The maximum Gasteiger partial charge on any atom is 0.263 e. The molecule has 1 aromatic rings. The number of hydrogen-bond donors (Lipinski definition) is 2. The predicted molar refractivity (Wildman–Crippen MR) is 72.8 cm³/mol. The van der Waals surface area contributed by atoms with Crippen molar-refractivity contribution in [2.24, 2.45) is 0 Å². The summed E-state index contributed by atoms with van der Waals surface area (Å²) in [5, 5.41) is 2.53. The van der Waals surface area contributed by atoms with E-state index >= 15 is 0 Å². The van der Waals surface area contributed by atoms with Crippen molar-refractivity contribution in [3.05, 3.63) is 19.3 Å². The smallest absolute Gasteiger partial charge is 0.263 e. The Morgan fingerprint density at radius 1 is 1.24 bits per heavy atom. The van der Waals surface area contributed by atoms with Gasteiger partial charge < -0.3 is 5.32 Å². The molecular formula is C9H6Cl3NO2S2. The Morgan fingerprint density at radius 2 is 1.82 bits per heavy atom. The second-order valence-electron chi connectivity index (χ2n) is 3.67. The van der Waals surface area contributed by atoms with Gasteiger partial charge in [-0.05, 0) is 12.8 Å². The highest BCUT2D eigenvalue weighted by Gasteiger charge is 2.49. The summed E-state index contributed by atoms with van der Waals surface area (Å²) in [5.41, 5.74) is -0.841. The minimum atomic E-state index is -0.841. The van der Waals surface area contributed by atoms with Crippen LogP contribution in [0.5, 0.6) is 0 Å². The van der Waals surface area contributed by atoms with Crippen molar-refractivity contribution in [2.75, 3.05) is 0 Å². The van der Waals surface area contributed by atoms with E-state index in [2.05, 4.69) is 17.9 Å². The van der Waals surface area contributed by atoms with Crippen LogP contribution >= 0.6 is 58.8 Å². The van der Waals surface area contributed by atoms with Crippen LogP contribution < -0.4 is 5.32 Å². The molecule has 0 saturated heterocycles. The van der Waals surface area contributed by atoms with Gasteiger partial charge in [0.25, 0.3) is 5.91 Å². The van der Waals surface area contributed by atoms with Crippen molar-refractivity contribution in [1.29, 1.82) is 0 Å². The fraction of sp³-hybridized carbons (Fsp3) is 0.333. The third-order valence-electron chi connectivity index (χ3n) is 2.47. The van der Waals surface area contributed by atoms with Crippen molar-refractivity contribution in [1.82, 2.24) is 5.32 Å². The molecule has 0 spiro atoms. The van der Waals surface area contributed by atoms with E-state index in [0.717, 1.165) is 11.3 Å². The maximum atomic E-state index is 11.9. The average molecular weight is 331 g/mol. The Kier molecular flexibility index (Phi) is 3.67. The molecule has 1 fully saturated rings. The third kappa shape index (κ3) is 2.44. The summed E-state index contributed by atoms with van der Waals surface area (Å²) in [4.78, 5) is 23.3. The standard InChI is InChI=1S/C9H6Cl3NO2S2/c10-3-4(11)6(12)17-5(3)7(14)13-9(1-2-9)8(15)16/h1-2H2,(H,13,14)(H,15,16). The lowest BCUT2D eigenvalue weighted by atomic mass is 10.3. The van der Waals surface area contributed by atoms with Gasteiger partial charge in [-0.15, -0.1) is 24.0 Å². The van der Waals surface area contributed by atoms with E-state index in [9.17, 15) is 9.59 Å². The second kappa shape index (κ2) is 4.63. The molecule has 1 aromatic heterocycles. The largest absolute Gasteiger partial charge is 0.338 e. The molecule has 1 saturated carbocycles. The molecule has 0 aromatic carbocycles. The zero-order valence-corrected chi connectivity index (χ0v) is 12.2. The molecule has 3 nitrogen and oxygen atoms in total. The van der Waals surface area contributed by atoms with Crippen LogP contribution in [-0.2, 0) is 4.79 Å². The first-order valence-electron chi connectivity index (χ1n) is 4.56. The molecule has 1 aliphatic carbocycles. The summed E-state index contributed by atoms with van der Waals surface area (Å²) in [6.45, 7) is 0. The molecule has 0 bridgehead atoms. The zero-order valence-electron chi connectivity index (χ0n) is 8.22. The fourth-order valence-corrected chi connectivity index (χ4v) is 3.28. The molecular weight excluding hydrogens is 325 g/mol. The molecule has 17 heavy (non-hydrogen) atoms. The van der Waals surface area contributed by atoms with Crippen LogP contribution in [0.4, 0.5) is 0 Å². The zero-order chi connectivity index (χ0) is 12.8. The van der Waals surface area contributed by atoms with Crippen LogP contribution in [0.3, 0.4) is 0 Å². The van der Waals surface area contributed by atoms with E-state index in [1.165, 1.54) is 0 Å². The van der Waals surface area contributed by atoms with Gasteiger partial charge in [0.05, 0.1) is 10.0 Å². The number of halogens is 3. The lowest BCUT2D eigenvalue weighted by molar-refractivity contribution is -0.113. The van der Waals surface area contributed by atoms with Crippen molar-refractivity contribution in [3.8, 4) is 0 Å². The minimum Gasteiger partial charge on any atom is -0.338 e. The molecule has 0 unspecified atom stereocenters. The number of carbonyl (C=O) groups excluding carboxylic acids is 2. The van der Waals surface area contributed by atoms with E-state index < -0.39 is 11.4 Å². The summed E-state index contributed by atoms with van der Waals surface area (Å²) in [5.74, 6) is -0.450. The van der Waals surface area contributed by atoms with Gasteiger partial charge in [0.2, 0.25) is 5.12 Å². The van der Waals surface area contributed by atoms with E-state index in [4.69, 9.17) is 34.8 Å². The summed E-state index contributed by atoms with van der Waals surface area (Å²) in [7, 11) is 0. The molecule has 8 heteroatoms. The molecule has 0 radical (unpaired) electrons.